The van der Waals surface area contributed by atoms with Gasteiger partial charge in [0.25, 0.3) is 11.8 Å². The van der Waals surface area contributed by atoms with Crippen LogP contribution in [0.5, 0.6) is 0 Å². The van der Waals surface area contributed by atoms with Crippen molar-refractivity contribution in [3.05, 3.63) is 34.8 Å². The maximum absolute atomic E-state index is 12.5. The Balaban J connectivity index is 1.28. The Morgan fingerprint density at radius 3 is 2.42 bits per heavy atom. The minimum Gasteiger partial charge on any atom is -0.351 e. The fourth-order valence-corrected chi connectivity index (χ4v) is 5.30. The van der Waals surface area contributed by atoms with Gasteiger partial charge in [-0.2, -0.15) is 4.99 Å². The number of amidine groups is 1. The van der Waals surface area contributed by atoms with Gasteiger partial charge >= 0.3 is 0 Å². The number of carbonyl (C=O) groups excluding carboxylic acids is 3. The summed E-state index contributed by atoms with van der Waals surface area (Å²) in [5.74, 6) is -0.820. The van der Waals surface area contributed by atoms with E-state index in [2.05, 4.69) is 30.7 Å². The van der Waals surface area contributed by atoms with Crippen LogP contribution in [-0.4, -0.2) is 56.3 Å². The van der Waals surface area contributed by atoms with E-state index in [-0.39, 0.29) is 29.6 Å². The van der Waals surface area contributed by atoms with Crippen molar-refractivity contribution >= 4 is 56.8 Å². The Hall–Kier alpha value is -2.79. The summed E-state index contributed by atoms with van der Waals surface area (Å²) < 4.78 is 0. The summed E-state index contributed by atoms with van der Waals surface area (Å²) in [7, 11) is 0. The molecule has 1 aromatic carbocycles. The fraction of sp³-hybridized carbons (Fsp3) is 0.455. The number of aromatic nitrogens is 2. The number of anilines is 2. The third kappa shape index (κ3) is 5.77. The highest BCUT2D eigenvalue weighted by Gasteiger charge is 2.33. The van der Waals surface area contributed by atoms with Crippen LogP contribution in [0.15, 0.2) is 29.3 Å². The van der Waals surface area contributed by atoms with E-state index in [1.807, 2.05) is 20.8 Å². The first kappa shape index (κ1) is 23.4. The standard InChI is InChI=1S/C22H26N6O3S2/c1-22(2,3)19-26-27-20(33-19)24-17(30)13-6-8-14(9-7-13)23-16(29)12-15-18(31)25-21(32-15)28-10-4-5-11-28/h6-9,15H,4-5,10-12H2,1-3H3,(H,23,29)(H,24,27,30). The quantitative estimate of drug-likeness (QED) is 0.664. The average Bonchev–Trinajstić information content (AvgIpc) is 3.50. The molecule has 174 valence electrons. The van der Waals surface area contributed by atoms with Gasteiger partial charge in [0.15, 0.2) is 5.17 Å². The zero-order valence-corrected chi connectivity index (χ0v) is 20.4. The van der Waals surface area contributed by atoms with Crippen LogP contribution in [0, 0.1) is 0 Å². The van der Waals surface area contributed by atoms with Crippen molar-refractivity contribution in [1.82, 2.24) is 15.1 Å². The number of thioether (sulfide) groups is 1. The van der Waals surface area contributed by atoms with Crippen LogP contribution in [0.3, 0.4) is 0 Å². The molecular weight excluding hydrogens is 460 g/mol. The van der Waals surface area contributed by atoms with Gasteiger partial charge in [-0.25, -0.2) is 0 Å². The molecule has 0 saturated carbocycles. The second-order valence-corrected chi connectivity index (χ2v) is 11.1. The molecule has 2 N–H and O–H groups in total. The van der Waals surface area contributed by atoms with Gasteiger partial charge in [-0.05, 0) is 37.1 Å². The van der Waals surface area contributed by atoms with Gasteiger partial charge in [-0.1, -0.05) is 43.9 Å². The highest BCUT2D eigenvalue weighted by molar-refractivity contribution is 8.15. The molecule has 3 heterocycles. The van der Waals surface area contributed by atoms with Crippen LogP contribution >= 0.6 is 23.1 Å². The van der Waals surface area contributed by atoms with Crippen LogP contribution < -0.4 is 10.6 Å². The van der Waals surface area contributed by atoms with Crippen LogP contribution in [-0.2, 0) is 15.0 Å². The van der Waals surface area contributed by atoms with E-state index in [0.717, 1.165) is 36.1 Å². The topological polar surface area (TPSA) is 117 Å². The minimum atomic E-state index is -0.490. The number of nitrogens with zero attached hydrogens (tertiary/aromatic N) is 4. The summed E-state index contributed by atoms with van der Waals surface area (Å²) in [6, 6.07) is 6.56. The Kier molecular flexibility index (Phi) is 6.80. The smallest absolute Gasteiger partial charge is 0.262 e. The Labute approximate surface area is 200 Å². The first-order valence-electron chi connectivity index (χ1n) is 10.8. The molecule has 1 fully saturated rings. The van der Waals surface area contributed by atoms with Crippen LogP contribution in [0.2, 0.25) is 0 Å². The molecule has 1 saturated heterocycles. The van der Waals surface area contributed by atoms with Crippen LogP contribution in [0.25, 0.3) is 0 Å². The van der Waals surface area contributed by atoms with E-state index < -0.39 is 5.25 Å². The molecule has 2 aliphatic heterocycles. The lowest BCUT2D eigenvalue weighted by Gasteiger charge is -2.16. The SMILES string of the molecule is CC(C)(C)c1nnc(NC(=O)c2ccc(NC(=O)CC3SC(N4CCCC4)=NC3=O)cc2)s1. The third-order valence-electron chi connectivity index (χ3n) is 5.19. The molecule has 11 heteroatoms. The predicted octanol–water partition coefficient (Wildman–Crippen LogP) is 3.51. The number of benzene rings is 1. The summed E-state index contributed by atoms with van der Waals surface area (Å²) >= 11 is 2.71. The van der Waals surface area contributed by atoms with Gasteiger partial charge in [0.1, 0.15) is 10.3 Å². The summed E-state index contributed by atoms with van der Waals surface area (Å²) in [6.07, 6.45) is 2.26. The first-order chi connectivity index (χ1) is 15.7. The molecule has 1 unspecified atom stereocenters. The molecule has 1 aromatic heterocycles. The maximum atomic E-state index is 12.5. The first-order valence-corrected chi connectivity index (χ1v) is 12.5. The van der Waals surface area contributed by atoms with E-state index in [9.17, 15) is 14.4 Å². The lowest BCUT2D eigenvalue weighted by molar-refractivity contribution is -0.121. The summed E-state index contributed by atoms with van der Waals surface area (Å²) in [5, 5.41) is 15.2. The van der Waals surface area contributed by atoms with Crippen LogP contribution in [0.4, 0.5) is 10.8 Å². The number of nitrogens with one attached hydrogen (secondary N) is 2. The average molecular weight is 487 g/mol. The molecular formula is C22H26N6O3S2. The van der Waals surface area contributed by atoms with E-state index >= 15 is 0 Å². The number of rotatable bonds is 5. The molecule has 1 atom stereocenters. The minimum absolute atomic E-state index is 0.0553. The molecule has 33 heavy (non-hydrogen) atoms. The Bertz CT molecular complexity index is 1080. The van der Waals surface area contributed by atoms with Gasteiger partial charge in [-0.15, -0.1) is 10.2 Å². The van der Waals surface area contributed by atoms with Gasteiger partial charge in [0, 0.05) is 36.2 Å². The second-order valence-electron chi connectivity index (χ2n) is 8.98. The Morgan fingerprint density at radius 2 is 1.79 bits per heavy atom. The van der Waals surface area contributed by atoms with Gasteiger partial charge in [-0.3, -0.25) is 19.7 Å². The fourth-order valence-electron chi connectivity index (χ4n) is 3.38. The molecule has 2 aliphatic rings. The lowest BCUT2D eigenvalue weighted by atomic mass is 9.98. The normalized spacial score (nSPS) is 18.4. The van der Waals surface area contributed by atoms with Gasteiger partial charge in [0.2, 0.25) is 11.0 Å². The zero-order valence-electron chi connectivity index (χ0n) is 18.8. The van der Waals surface area contributed by atoms with Crippen molar-refractivity contribution in [2.75, 3.05) is 23.7 Å². The van der Waals surface area contributed by atoms with E-state index in [0.29, 0.717) is 16.4 Å². The molecule has 0 bridgehead atoms. The summed E-state index contributed by atoms with van der Waals surface area (Å²) in [6.45, 7) is 7.93. The van der Waals surface area contributed by atoms with Crippen molar-refractivity contribution in [2.45, 2.75) is 50.7 Å². The molecule has 2 aromatic rings. The van der Waals surface area contributed by atoms with E-state index in [1.54, 1.807) is 24.3 Å². The van der Waals surface area contributed by atoms with Gasteiger partial charge < -0.3 is 10.2 Å². The van der Waals surface area contributed by atoms with Crippen molar-refractivity contribution in [3.8, 4) is 0 Å². The summed E-state index contributed by atoms with van der Waals surface area (Å²) in [4.78, 5) is 43.4. The molecule has 0 radical (unpaired) electrons. The highest BCUT2D eigenvalue weighted by atomic mass is 32.2. The zero-order chi connectivity index (χ0) is 23.6. The number of amides is 3. The van der Waals surface area contributed by atoms with Crippen molar-refractivity contribution in [1.29, 1.82) is 0 Å². The number of hydrogen-bond donors (Lipinski definition) is 2. The van der Waals surface area contributed by atoms with E-state index in [1.165, 1.54) is 23.1 Å². The largest absolute Gasteiger partial charge is 0.351 e. The predicted molar refractivity (Wildman–Crippen MR) is 131 cm³/mol. The number of carbonyl (C=O) groups is 3. The maximum Gasteiger partial charge on any atom is 0.262 e. The number of hydrogen-bond acceptors (Lipinski definition) is 8. The van der Waals surface area contributed by atoms with Crippen LogP contribution in [0.1, 0.15) is 55.4 Å². The monoisotopic (exact) mass is 486 g/mol. The number of likely N-dealkylation sites (tertiary alicyclic amines) is 1. The van der Waals surface area contributed by atoms with E-state index in [4.69, 9.17) is 0 Å². The lowest BCUT2D eigenvalue weighted by Crippen LogP contribution is -2.25. The molecule has 0 aliphatic carbocycles. The second kappa shape index (κ2) is 9.60. The molecule has 3 amide bonds. The number of aliphatic imine (C=N–C) groups is 1. The van der Waals surface area contributed by atoms with Gasteiger partial charge in [0.05, 0.1) is 0 Å². The third-order valence-corrected chi connectivity index (χ3v) is 7.67. The van der Waals surface area contributed by atoms with Crippen molar-refractivity contribution < 1.29 is 14.4 Å². The molecule has 4 rings (SSSR count). The van der Waals surface area contributed by atoms with Crippen molar-refractivity contribution in [3.63, 3.8) is 0 Å². The summed E-state index contributed by atoms with van der Waals surface area (Å²) in [5.41, 5.74) is 0.855. The van der Waals surface area contributed by atoms with Crippen molar-refractivity contribution in [2.24, 2.45) is 4.99 Å². The molecule has 0 spiro atoms. The highest BCUT2D eigenvalue weighted by Crippen LogP contribution is 2.30. The molecule has 9 nitrogen and oxygen atoms in total. The Morgan fingerprint density at radius 1 is 1.09 bits per heavy atom.